The number of carboxylic acids is 2. The minimum Gasteiger partial charge on any atom is -0.481 e. The topological polar surface area (TPSA) is 159 Å². The molecule has 4 aromatic carbocycles. The second kappa shape index (κ2) is 19.0. The first-order valence-corrected chi connectivity index (χ1v) is 19.1. The lowest BCUT2D eigenvalue weighted by Gasteiger charge is -2.18. The maximum atomic E-state index is 12.6. The van der Waals surface area contributed by atoms with Crippen LogP contribution >= 0.6 is 69.1 Å². The summed E-state index contributed by atoms with van der Waals surface area (Å²) in [7, 11) is 0. The van der Waals surface area contributed by atoms with Gasteiger partial charge in [-0.1, -0.05) is 107 Å². The molecule has 54 heavy (non-hydrogen) atoms. The molecule has 0 saturated heterocycles. The van der Waals surface area contributed by atoms with Crippen molar-refractivity contribution in [2.24, 2.45) is 0 Å². The second-order valence-corrected chi connectivity index (χ2v) is 14.8. The van der Waals surface area contributed by atoms with Crippen LogP contribution in [0.4, 0.5) is 0 Å². The molecule has 0 unspecified atom stereocenters. The third kappa shape index (κ3) is 11.1. The van der Waals surface area contributed by atoms with Crippen LogP contribution in [0.1, 0.15) is 57.0 Å². The van der Waals surface area contributed by atoms with Gasteiger partial charge in [-0.25, -0.2) is 9.97 Å². The first-order valence-electron chi connectivity index (χ1n) is 15.8. The van der Waals surface area contributed by atoms with E-state index in [0.717, 1.165) is 11.1 Å². The number of carbonyl (C=O) groups is 4. The molecule has 0 bridgehead atoms. The number of aromatic nitrogens is 2. The molecule has 10 nitrogen and oxygen atoms in total. The van der Waals surface area contributed by atoms with Gasteiger partial charge in [0.2, 0.25) is 0 Å². The average Bonchev–Trinajstić information content (AvgIpc) is 3.84. The first-order chi connectivity index (χ1) is 25.9. The number of benzene rings is 4. The SMILES string of the molecule is O=C(O)C[C@H](NC(=O)c1csc(-c2ccc(Cl)cc2)n1)c1ccccc1Cl.O=C(O)C[C@H](NC(=O)c1csc(-c2cccc(Cl)c2)n1)c1ccccc1Cl. The molecule has 16 heteroatoms. The molecule has 0 spiro atoms. The van der Waals surface area contributed by atoms with Crippen molar-refractivity contribution in [3.05, 3.63) is 150 Å². The zero-order valence-electron chi connectivity index (χ0n) is 27.7. The summed E-state index contributed by atoms with van der Waals surface area (Å²) in [5.41, 5.74) is 3.16. The standard InChI is InChI=1S/2C19H14Cl2N2O3S/c20-12-5-3-4-11(8-12)19-23-16(10-27-19)18(26)22-15(9-17(24)25)13-6-1-2-7-14(13)21;20-12-7-5-11(6-8-12)19-23-16(10-27-19)18(26)22-15(9-17(24)25)13-3-1-2-4-14(13)21/h2*1-8,10,15H,9H2,(H,22,26)(H,24,25)/t2*15-/m00/s1. The van der Waals surface area contributed by atoms with E-state index in [1.165, 1.54) is 22.7 Å². The van der Waals surface area contributed by atoms with Gasteiger partial charge >= 0.3 is 11.9 Å². The van der Waals surface area contributed by atoms with Crippen molar-refractivity contribution in [1.29, 1.82) is 0 Å². The third-order valence-corrected chi connectivity index (χ3v) is 10.5. The van der Waals surface area contributed by atoms with E-state index in [0.29, 0.717) is 41.2 Å². The van der Waals surface area contributed by atoms with Gasteiger partial charge in [0.1, 0.15) is 21.4 Å². The summed E-state index contributed by atoms with van der Waals surface area (Å²) in [4.78, 5) is 56.3. The van der Waals surface area contributed by atoms with Gasteiger partial charge in [0.25, 0.3) is 11.8 Å². The molecule has 2 amide bonds. The minimum absolute atomic E-state index is 0.206. The number of rotatable bonds is 12. The Bertz CT molecular complexity index is 2280. The maximum Gasteiger partial charge on any atom is 0.305 e. The molecule has 0 aliphatic carbocycles. The van der Waals surface area contributed by atoms with Crippen molar-refractivity contribution in [2.75, 3.05) is 0 Å². The monoisotopic (exact) mass is 840 g/mol. The van der Waals surface area contributed by atoms with Crippen LogP contribution in [0.15, 0.2) is 108 Å². The molecule has 6 aromatic rings. The van der Waals surface area contributed by atoms with Crippen LogP contribution in [0.2, 0.25) is 20.1 Å². The fraction of sp³-hybridized carbons (Fsp3) is 0.105. The largest absolute Gasteiger partial charge is 0.481 e. The molecule has 2 aromatic heterocycles. The van der Waals surface area contributed by atoms with E-state index in [2.05, 4.69) is 20.6 Å². The van der Waals surface area contributed by atoms with Gasteiger partial charge in [-0.15, -0.1) is 22.7 Å². The number of halogens is 4. The van der Waals surface area contributed by atoms with E-state index in [4.69, 9.17) is 46.4 Å². The average molecular weight is 843 g/mol. The Hall–Kier alpha value is -4.82. The molecule has 0 aliphatic rings. The molecule has 4 N–H and O–H groups in total. The van der Waals surface area contributed by atoms with E-state index in [1.807, 2.05) is 18.2 Å². The number of nitrogens with zero attached hydrogens (tertiary/aromatic N) is 2. The number of carbonyl (C=O) groups excluding carboxylic acids is 2. The lowest BCUT2D eigenvalue weighted by atomic mass is 10.0. The van der Waals surface area contributed by atoms with Gasteiger partial charge in [0.05, 0.1) is 24.9 Å². The number of nitrogens with one attached hydrogen (secondary N) is 2. The molecule has 0 fully saturated rings. The summed E-state index contributed by atoms with van der Waals surface area (Å²) in [6.45, 7) is 0. The second-order valence-electron chi connectivity index (χ2n) is 11.4. The summed E-state index contributed by atoms with van der Waals surface area (Å²) in [5.74, 6) is -3.01. The minimum atomic E-state index is -1.04. The molecule has 0 saturated carbocycles. The van der Waals surface area contributed by atoms with Gasteiger partial charge < -0.3 is 20.8 Å². The van der Waals surface area contributed by atoms with E-state index in [-0.39, 0.29) is 24.2 Å². The molecule has 0 aliphatic heterocycles. The van der Waals surface area contributed by atoms with Crippen LogP contribution in [-0.4, -0.2) is 43.9 Å². The molecule has 276 valence electrons. The van der Waals surface area contributed by atoms with Crippen LogP contribution in [0.5, 0.6) is 0 Å². The van der Waals surface area contributed by atoms with Crippen molar-refractivity contribution < 1.29 is 29.4 Å². The highest BCUT2D eigenvalue weighted by atomic mass is 35.5. The smallest absolute Gasteiger partial charge is 0.305 e. The quantitative estimate of drug-likeness (QED) is 0.0948. The molecular weight excluding hydrogens is 814 g/mol. The van der Waals surface area contributed by atoms with Crippen molar-refractivity contribution in [3.8, 4) is 21.1 Å². The number of aliphatic carboxylic acids is 2. The Kier molecular flexibility index (Phi) is 14.2. The van der Waals surface area contributed by atoms with Crippen molar-refractivity contribution in [3.63, 3.8) is 0 Å². The van der Waals surface area contributed by atoms with E-state index in [9.17, 15) is 29.4 Å². The van der Waals surface area contributed by atoms with E-state index < -0.39 is 35.8 Å². The molecular formula is C38H28Cl4N4O6S2. The third-order valence-electron chi connectivity index (χ3n) is 7.57. The lowest BCUT2D eigenvalue weighted by Crippen LogP contribution is -2.30. The van der Waals surface area contributed by atoms with Crippen LogP contribution in [0.3, 0.4) is 0 Å². The Morgan fingerprint density at radius 3 is 1.48 bits per heavy atom. The van der Waals surface area contributed by atoms with Crippen LogP contribution in [0, 0.1) is 0 Å². The fourth-order valence-corrected chi connectivity index (χ4v) is 7.50. The molecule has 0 radical (unpaired) electrons. The van der Waals surface area contributed by atoms with Gasteiger partial charge in [-0.3, -0.25) is 19.2 Å². The summed E-state index contributed by atoms with van der Waals surface area (Å²) in [6, 6.07) is 26.4. The lowest BCUT2D eigenvalue weighted by molar-refractivity contribution is -0.138. The Morgan fingerprint density at radius 2 is 1.04 bits per heavy atom. The van der Waals surface area contributed by atoms with Crippen molar-refractivity contribution >= 4 is 92.8 Å². The Morgan fingerprint density at radius 1 is 0.574 bits per heavy atom. The first kappa shape index (κ1) is 40.4. The normalized spacial score (nSPS) is 11.8. The summed E-state index contributed by atoms with van der Waals surface area (Å²) in [6.07, 6.45) is -0.579. The number of carboxylic acid groups (broad SMARTS) is 2. The van der Waals surface area contributed by atoms with E-state index in [1.54, 1.807) is 89.6 Å². The van der Waals surface area contributed by atoms with Gasteiger partial charge in [0, 0.05) is 42.0 Å². The van der Waals surface area contributed by atoms with Gasteiger partial charge in [-0.2, -0.15) is 0 Å². The van der Waals surface area contributed by atoms with Crippen molar-refractivity contribution in [1.82, 2.24) is 20.6 Å². The highest BCUT2D eigenvalue weighted by Crippen LogP contribution is 2.30. The predicted molar refractivity (Wildman–Crippen MR) is 213 cm³/mol. The van der Waals surface area contributed by atoms with E-state index >= 15 is 0 Å². The van der Waals surface area contributed by atoms with Crippen molar-refractivity contribution in [2.45, 2.75) is 24.9 Å². The number of hydrogen-bond donors (Lipinski definition) is 4. The summed E-state index contributed by atoms with van der Waals surface area (Å²) >= 11 is 26.8. The van der Waals surface area contributed by atoms with Crippen LogP contribution in [0.25, 0.3) is 21.1 Å². The van der Waals surface area contributed by atoms with Crippen LogP contribution in [-0.2, 0) is 9.59 Å². The maximum absolute atomic E-state index is 12.6. The zero-order valence-corrected chi connectivity index (χ0v) is 32.4. The summed E-state index contributed by atoms with van der Waals surface area (Å²) in [5, 5.41) is 30.3. The highest BCUT2D eigenvalue weighted by molar-refractivity contribution is 7.13. The predicted octanol–water partition coefficient (Wildman–Crippen LogP) is 10.1. The number of thiazole rings is 2. The highest BCUT2D eigenvalue weighted by Gasteiger charge is 2.24. The van der Waals surface area contributed by atoms with Gasteiger partial charge in [0.15, 0.2) is 0 Å². The fourth-order valence-electron chi connectivity index (χ4n) is 5.04. The van der Waals surface area contributed by atoms with Gasteiger partial charge in [-0.05, 0) is 47.5 Å². The zero-order chi connectivity index (χ0) is 38.8. The molecule has 2 atom stereocenters. The Labute approximate surface area is 337 Å². The number of amides is 2. The molecule has 2 heterocycles. The number of hydrogen-bond acceptors (Lipinski definition) is 8. The Balaban J connectivity index is 0.000000208. The van der Waals surface area contributed by atoms with Crippen LogP contribution < -0.4 is 10.6 Å². The molecule has 6 rings (SSSR count). The summed E-state index contributed by atoms with van der Waals surface area (Å²) < 4.78 is 0.